The van der Waals surface area contributed by atoms with Gasteiger partial charge in [0.05, 0.1) is 11.3 Å². The number of nitrogens with zero attached hydrogens (tertiary/aromatic N) is 2. The monoisotopic (exact) mass is 349 g/mol. The SMILES string of the molecule is CCCc1nnc(NS(=O)(=O)Cc2ccccc2C(F)(F)F)o1. The van der Waals surface area contributed by atoms with Gasteiger partial charge in [-0.1, -0.05) is 30.2 Å². The maximum atomic E-state index is 12.9. The number of anilines is 1. The highest BCUT2D eigenvalue weighted by atomic mass is 32.2. The van der Waals surface area contributed by atoms with E-state index < -0.39 is 27.5 Å². The predicted octanol–water partition coefficient (Wildman–Crippen LogP) is 2.98. The Labute approximate surface area is 130 Å². The lowest BCUT2D eigenvalue weighted by Crippen LogP contribution is -2.18. The molecule has 126 valence electrons. The molecular formula is C13H14F3N3O3S. The molecule has 0 bridgehead atoms. The Balaban J connectivity index is 2.18. The van der Waals surface area contributed by atoms with E-state index in [4.69, 9.17) is 4.42 Å². The second-order valence-electron chi connectivity index (χ2n) is 4.77. The summed E-state index contributed by atoms with van der Waals surface area (Å²) in [4.78, 5) is 0. The first-order chi connectivity index (χ1) is 10.7. The molecular weight excluding hydrogens is 335 g/mol. The molecule has 1 aromatic heterocycles. The highest BCUT2D eigenvalue weighted by Gasteiger charge is 2.34. The van der Waals surface area contributed by atoms with Crippen LogP contribution >= 0.6 is 0 Å². The maximum Gasteiger partial charge on any atom is 0.416 e. The normalized spacial score (nSPS) is 12.3. The fourth-order valence-corrected chi connectivity index (χ4v) is 2.99. The average molecular weight is 349 g/mol. The fourth-order valence-electron chi connectivity index (χ4n) is 1.91. The lowest BCUT2D eigenvalue weighted by molar-refractivity contribution is -0.138. The highest BCUT2D eigenvalue weighted by molar-refractivity contribution is 7.91. The van der Waals surface area contributed by atoms with Gasteiger partial charge in [0.25, 0.3) is 0 Å². The van der Waals surface area contributed by atoms with Crippen molar-refractivity contribution in [2.45, 2.75) is 31.7 Å². The van der Waals surface area contributed by atoms with Gasteiger partial charge in [0.15, 0.2) is 0 Å². The molecule has 0 atom stereocenters. The van der Waals surface area contributed by atoms with Crippen LogP contribution in [0, 0.1) is 0 Å². The Morgan fingerprint density at radius 2 is 1.91 bits per heavy atom. The highest BCUT2D eigenvalue weighted by Crippen LogP contribution is 2.32. The van der Waals surface area contributed by atoms with Crippen molar-refractivity contribution >= 4 is 16.0 Å². The first kappa shape index (κ1) is 17.3. The second kappa shape index (κ2) is 6.57. The fraction of sp³-hybridized carbons (Fsp3) is 0.385. The molecule has 0 aliphatic carbocycles. The van der Waals surface area contributed by atoms with E-state index in [0.717, 1.165) is 18.6 Å². The van der Waals surface area contributed by atoms with Crippen molar-refractivity contribution in [3.8, 4) is 0 Å². The quantitative estimate of drug-likeness (QED) is 0.866. The average Bonchev–Trinajstić information content (AvgIpc) is 2.84. The van der Waals surface area contributed by atoms with Gasteiger partial charge in [-0.25, -0.2) is 13.1 Å². The molecule has 0 radical (unpaired) electrons. The first-order valence-electron chi connectivity index (χ1n) is 6.69. The van der Waals surface area contributed by atoms with Gasteiger partial charge in [-0.15, -0.1) is 5.10 Å². The van der Waals surface area contributed by atoms with Crippen LogP contribution < -0.4 is 4.72 Å². The standard InChI is InChI=1S/C13H14F3N3O3S/c1-2-5-11-17-18-12(22-11)19-23(20,21)8-9-6-3-4-7-10(9)13(14,15)16/h3-4,6-7H,2,5,8H2,1H3,(H,18,19). The number of hydrogen-bond donors (Lipinski definition) is 1. The Kier molecular flexibility index (Phi) is 4.93. The van der Waals surface area contributed by atoms with Crippen molar-refractivity contribution < 1.29 is 26.0 Å². The van der Waals surface area contributed by atoms with Crippen molar-refractivity contribution in [3.05, 3.63) is 41.3 Å². The number of rotatable bonds is 6. The Bertz CT molecular complexity index is 772. The molecule has 0 fully saturated rings. The van der Waals surface area contributed by atoms with Gasteiger partial charge in [0, 0.05) is 6.42 Å². The van der Waals surface area contributed by atoms with Crippen LogP contribution in [0.25, 0.3) is 0 Å². The van der Waals surface area contributed by atoms with Crippen molar-refractivity contribution in [2.24, 2.45) is 0 Å². The first-order valence-corrected chi connectivity index (χ1v) is 8.34. The molecule has 0 saturated heterocycles. The number of benzene rings is 1. The van der Waals surface area contributed by atoms with E-state index >= 15 is 0 Å². The van der Waals surface area contributed by atoms with Crippen LogP contribution in [0.2, 0.25) is 0 Å². The van der Waals surface area contributed by atoms with Gasteiger partial charge < -0.3 is 4.42 Å². The van der Waals surface area contributed by atoms with Gasteiger partial charge in [0.1, 0.15) is 0 Å². The Morgan fingerprint density at radius 3 is 2.57 bits per heavy atom. The summed E-state index contributed by atoms with van der Waals surface area (Å²) in [5, 5.41) is 7.13. The molecule has 2 aromatic rings. The third-order valence-electron chi connectivity index (χ3n) is 2.84. The van der Waals surface area contributed by atoms with E-state index in [0.29, 0.717) is 6.42 Å². The molecule has 0 amide bonds. The third kappa shape index (κ3) is 4.68. The van der Waals surface area contributed by atoms with Crippen molar-refractivity contribution in [2.75, 3.05) is 4.72 Å². The van der Waals surface area contributed by atoms with E-state index in [1.54, 1.807) is 0 Å². The Morgan fingerprint density at radius 1 is 1.22 bits per heavy atom. The van der Waals surface area contributed by atoms with Crippen LogP contribution in [-0.2, 0) is 28.4 Å². The molecule has 0 spiro atoms. The number of aryl methyl sites for hydroxylation is 1. The minimum atomic E-state index is -4.63. The summed E-state index contributed by atoms with van der Waals surface area (Å²) >= 11 is 0. The van der Waals surface area contributed by atoms with Gasteiger partial charge >= 0.3 is 12.2 Å². The summed E-state index contributed by atoms with van der Waals surface area (Å²) < 4.78 is 69.7. The molecule has 1 N–H and O–H groups in total. The molecule has 1 heterocycles. The molecule has 0 aliphatic rings. The van der Waals surface area contributed by atoms with Crippen molar-refractivity contribution in [1.29, 1.82) is 0 Å². The zero-order valence-electron chi connectivity index (χ0n) is 12.1. The minimum absolute atomic E-state index is 0.251. The molecule has 23 heavy (non-hydrogen) atoms. The summed E-state index contributed by atoms with van der Waals surface area (Å²) in [6.07, 6.45) is -3.43. The summed E-state index contributed by atoms with van der Waals surface area (Å²) in [6, 6.07) is 4.11. The van der Waals surface area contributed by atoms with Gasteiger partial charge in [-0.3, -0.25) is 0 Å². The summed E-state index contributed by atoms with van der Waals surface area (Å²) in [7, 11) is -4.12. The van der Waals surface area contributed by atoms with E-state index in [2.05, 4.69) is 10.2 Å². The number of halogens is 3. The third-order valence-corrected chi connectivity index (χ3v) is 4.02. The summed E-state index contributed by atoms with van der Waals surface area (Å²) in [5.74, 6) is -0.602. The van der Waals surface area contributed by atoms with E-state index in [-0.39, 0.29) is 17.5 Å². The Hall–Kier alpha value is -2.10. The smallest absolute Gasteiger partial charge is 0.407 e. The molecule has 1 aromatic carbocycles. The van der Waals surface area contributed by atoms with Gasteiger partial charge in [-0.05, 0) is 18.1 Å². The number of alkyl halides is 3. The van der Waals surface area contributed by atoms with Crippen LogP contribution in [0.3, 0.4) is 0 Å². The van der Waals surface area contributed by atoms with Gasteiger partial charge in [-0.2, -0.15) is 13.2 Å². The largest absolute Gasteiger partial charge is 0.416 e. The van der Waals surface area contributed by atoms with Crippen LogP contribution in [0.15, 0.2) is 28.7 Å². The maximum absolute atomic E-state index is 12.9. The van der Waals surface area contributed by atoms with E-state index in [9.17, 15) is 21.6 Å². The van der Waals surface area contributed by atoms with Crippen molar-refractivity contribution in [3.63, 3.8) is 0 Å². The number of hydrogen-bond acceptors (Lipinski definition) is 5. The summed E-state index contributed by atoms with van der Waals surface area (Å²) in [6.45, 7) is 1.88. The van der Waals surface area contributed by atoms with Crippen LogP contribution in [-0.4, -0.2) is 18.6 Å². The molecule has 0 saturated carbocycles. The molecule has 2 rings (SSSR count). The zero-order chi connectivity index (χ0) is 17.1. The van der Waals surface area contributed by atoms with Crippen LogP contribution in [0.1, 0.15) is 30.4 Å². The topological polar surface area (TPSA) is 85.1 Å². The van der Waals surface area contributed by atoms with Crippen molar-refractivity contribution in [1.82, 2.24) is 10.2 Å². The lowest BCUT2D eigenvalue weighted by atomic mass is 10.1. The van der Waals surface area contributed by atoms with Crippen LogP contribution in [0.5, 0.6) is 0 Å². The number of aromatic nitrogens is 2. The summed E-state index contributed by atoms with van der Waals surface area (Å²) in [5.41, 5.74) is -1.36. The minimum Gasteiger partial charge on any atom is -0.407 e. The van der Waals surface area contributed by atoms with E-state index in [1.165, 1.54) is 12.1 Å². The molecule has 10 heteroatoms. The number of nitrogens with one attached hydrogen (secondary N) is 1. The van der Waals surface area contributed by atoms with Crippen LogP contribution in [0.4, 0.5) is 19.2 Å². The molecule has 0 aliphatic heterocycles. The number of sulfonamides is 1. The van der Waals surface area contributed by atoms with Gasteiger partial charge in [0.2, 0.25) is 15.9 Å². The lowest BCUT2D eigenvalue weighted by Gasteiger charge is -2.12. The molecule has 0 unspecified atom stereocenters. The zero-order valence-corrected chi connectivity index (χ0v) is 12.9. The molecule has 6 nitrogen and oxygen atoms in total. The predicted molar refractivity (Wildman–Crippen MR) is 76.0 cm³/mol. The second-order valence-corrected chi connectivity index (χ2v) is 6.49. The van der Waals surface area contributed by atoms with E-state index in [1.807, 2.05) is 11.6 Å².